The van der Waals surface area contributed by atoms with E-state index in [2.05, 4.69) is 4.98 Å². The van der Waals surface area contributed by atoms with Gasteiger partial charge in [0.2, 0.25) is 21.5 Å². The first-order chi connectivity index (χ1) is 9.79. The Morgan fingerprint density at radius 3 is 2.19 bits per heavy atom. The van der Waals surface area contributed by atoms with Gasteiger partial charge in [-0.25, -0.2) is 8.42 Å². The molecule has 110 valence electrons. The van der Waals surface area contributed by atoms with E-state index in [0.29, 0.717) is 11.4 Å². The predicted molar refractivity (Wildman–Crippen MR) is 74.8 cm³/mol. The molecule has 0 bridgehead atoms. The van der Waals surface area contributed by atoms with Gasteiger partial charge in [0.1, 0.15) is 5.75 Å². The molecule has 0 amide bonds. The van der Waals surface area contributed by atoms with Crippen molar-refractivity contribution in [1.29, 1.82) is 5.39 Å². The lowest BCUT2D eigenvalue weighted by Crippen LogP contribution is -1.90. The van der Waals surface area contributed by atoms with Crippen LogP contribution >= 0.6 is 0 Å². The van der Waals surface area contributed by atoms with E-state index in [0.717, 1.165) is 5.75 Å². The lowest BCUT2D eigenvalue weighted by Gasteiger charge is -2.03. The van der Waals surface area contributed by atoms with Gasteiger partial charge in [-0.1, -0.05) is 29.8 Å². The number of para-hydroxylation sites is 1. The van der Waals surface area contributed by atoms with Gasteiger partial charge in [-0.2, -0.15) is 0 Å². The lowest BCUT2D eigenvalue weighted by molar-refractivity contribution is 0.366. The van der Waals surface area contributed by atoms with Crippen LogP contribution in [0.1, 0.15) is 5.56 Å². The van der Waals surface area contributed by atoms with Crippen LogP contribution in [0, 0.1) is 12.3 Å². The first kappa shape index (κ1) is 16.6. The summed E-state index contributed by atoms with van der Waals surface area (Å²) in [6, 6.07) is 14.8. The molecule has 0 aromatic heterocycles. The summed E-state index contributed by atoms with van der Waals surface area (Å²) < 4.78 is 38.4. The summed E-state index contributed by atoms with van der Waals surface area (Å²) in [5.74, 6) is 1.26. The molecular weight excluding hydrogens is 296 g/mol. The molecule has 0 aliphatic rings. The zero-order valence-corrected chi connectivity index (χ0v) is 11.8. The first-order valence-electron chi connectivity index (χ1n) is 5.66. The second-order valence-electron chi connectivity index (χ2n) is 3.91. The smallest absolute Gasteiger partial charge is 0.426 e. The number of hydrogen-bond donors (Lipinski definition) is 1. The van der Waals surface area contributed by atoms with Gasteiger partial charge in [0.05, 0.1) is 0 Å². The van der Waals surface area contributed by atoms with Crippen molar-refractivity contribution in [3.63, 3.8) is 0 Å². The van der Waals surface area contributed by atoms with Crippen molar-refractivity contribution in [2.45, 2.75) is 6.92 Å². The van der Waals surface area contributed by atoms with Crippen LogP contribution in [0.15, 0.2) is 48.5 Å². The molecule has 2 aromatic carbocycles. The van der Waals surface area contributed by atoms with Gasteiger partial charge in [0, 0.05) is 6.07 Å². The number of nitrogens with zero attached hydrogens (tertiary/aromatic N) is 2. The second kappa shape index (κ2) is 7.35. The second-order valence-corrected chi connectivity index (χ2v) is 4.77. The normalized spacial score (nSPS) is 10.0. The Morgan fingerprint density at radius 1 is 1.14 bits per heavy atom. The van der Waals surface area contributed by atoms with E-state index in [1.54, 1.807) is 18.2 Å². The summed E-state index contributed by atoms with van der Waals surface area (Å²) in [5, 5.41) is 8.79. The number of benzene rings is 2. The van der Waals surface area contributed by atoms with Crippen molar-refractivity contribution >= 4 is 16.1 Å². The molecule has 0 atom stereocenters. The van der Waals surface area contributed by atoms with Crippen LogP contribution in [0.25, 0.3) is 4.98 Å². The summed E-state index contributed by atoms with van der Waals surface area (Å²) in [6.45, 7) is 2.01. The van der Waals surface area contributed by atoms with Crippen LogP contribution in [0.5, 0.6) is 11.5 Å². The van der Waals surface area contributed by atoms with Crippen molar-refractivity contribution in [1.82, 2.24) is 0 Å². The molecule has 0 spiro atoms. The summed E-state index contributed by atoms with van der Waals surface area (Å²) in [6.07, 6.45) is 0. The summed E-state index contributed by atoms with van der Waals surface area (Å²) in [7, 11) is -4.92. The molecule has 0 radical (unpaired) electrons. The molecule has 0 fully saturated rings. The topological polar surface area (TPSA) is 115 Å². The van der Waals surface area contributed by atoms with Gasteiger partial charge >= 0.3 is 5.69 Å². The SMILES string of the molecule is Cc1ccc(Oc2ccccc2[N+]#N)cc1.O=S(=O)([O-])O. The molecule has 0 heterocycles. The standard InChI is InChI=1S/C13H11N2O.H2O4S/c1-10-6-8-11(9-7-10)16-13-5-3-2-4-12(13)15-14;1-5(2,3)4/h2-9H,1H3;(H2,1,2,3,4)/q+1;/p-1. The largest absolute Gasteiger partial charge is 0.726 e. The van der Waals surface area contributed by atoms with E-state index in [1.807, 2.05) is 37.3 Å². The molecule has 2 aromatic rings. The highest BCUT2D eigenvalue weighted by atomic mass is 32.3. The van der Waals surface area contributed by atoms with Crippen LogP contribution in [-0.4, -0.2) is 17.5 Å². The molecule has 0 saturated carbocycles. The molecule has 0 saturated heterocycles. The Bertz CT molecular complexity index is 728. The molecule has 21 heavy (non-hydrogen) atoms. The third-order valence-electron chi connectivity index (χ3n) is 2.22. The molecule has 0 aliphatic carbocycles. The molecule has 2 rings (SSSR count). The fourth-order valence-corrected chi connectivity index (χ4v) is 1.36. The molecule has 1 N–H and O–H groups in total. The van der Waals surface area contributed by atoms with E-state index >= 15 is 0 Å². The van der Waals surface area contributed by atoms with Gasteiger partial charge in [-0.3, -0.25) is 4.55 Å². The Hall–Kier alpha value is -2.47. The van der Waals surface area contributed by atoms with Crippen LogP contribution in [0.4, 0.5) is 5.69 Å². The maximum Gasteiger partial charge on any atom is 0.426 e. The molecule has 8 heteroatoms. The number of diazo groups is 1. The van der Waals surface area contributed by atoms with Gasteiger partial charge in [0.15, 0.2) is 4.98 Å². The average molecular weight is 308 g/mol. The minimum atomic E-state index is -4.92. The van der Waals surface area contributed by atoms with Crippen molar-refractivity contribution in [2.75, 3.05) is 0 Å². The van der Waals surface area contributed by atoms with Crippen molar-refractivity contribution < 1.29 is 22.3 Å². The van der Waals surface area contributed by atoms with E-state index in [1.165, 1.54) is 5.56 Å². The maximum atomic E-state index is 8.79. The summed E-state index contributed by atoms with van der Waals surface area (Å²) in [4.78, 5) is 3.16. The van der Waals surface area contributed by atoms with Crippen molar-refractivity contribution in [3.05, 3.63) is 59.1 Å². The van der Waals surface area contributed by atoms with E-state index in [-0.39, 0.29) is 0 Å². The fraction of sp³-hybridized carbons (Fsp3) is 0.0769. The monoisotopic (exact) mass is 308 g/mol. The minimum absolute atomic E-state index is 0.420. The lowest BCUT2D eigenvalue weighted by atomic mass is 10.2. The Labute approximate surface area is 122 Å². The highest BCUT2D eigenvalue weighted by molar-refractivity contribution is 7.79. The Balaban J connectivity index is 0.000000383. The number of rotatable bonds is 2. The van der Waals surface area contributed by atoms with Gasteiger partial charge in [-0.05, 0) is 25.1 Å². The summed E-state index contributed by atoms with van der Waals surface area (Å²) in [5.41, 5.74) is 1.59. The molecule has 0 unspecified atom stereocenters. The van der Waals surface area contributed by atoms with Crippen LogP contribution < -0.4 is 4.74 Å². The van der Waals surface area contributed by atoms with E-state index in [4.69, 9.17) is 27.7 Å². The highest BCUT2D eigenvalue weighted by Gasteiger charge is 2.13. The van der Waals surface area contributed by atoms with Crippen LogP contribution in [0.2, 0.25) is 0 Å². The number of hydrogen-bond acceptors (Lipinski definition) is 5. The van der Waals surface area contributed by atoms with Gasteiger partial charge in [-0.15, -0.1) is 0 Å². The first-order valence-corrected chi connectivity index (χ1v) is 7.03. The fourth-order valence-electron chi connectivity index (χ4n) is 1.36. The van der Waals surface area contributed by atoms with Crippen molar-refractivity contribution in [3.8, 4) is 11.5 Å². The zero-order chi connectivity index (χ0) is 15.9. The van der Waals surface area contributed by atoms with Gasteiger partial charge < -0.3 is 9.29 Å². The third-order valence-corrected chi connectivity index (χ3v) is 2.22. The zero-order valence-electron chi connectivity index (χ0n) is 11.0. The van der Waals surface area contributed by atoms with Gasteiger partial charge in [0.25, 0.3) is 0 Å². The van der Waals surface area contributed by atoms with Crippen LogP contribution in [0.3, 0.4) is 0 Å². The van der Waals surface area contributed by atoms with E-state index in [9.17, 15) is 0 Å². The molecular formula is C13H12N2O5S. The third kappa shape index (κ3) is 7.03. The number of ether oxygens (including phenoxy) is 1. The number of aryl methyl sites for hydroxylation is 1. The van der Waals surface area contributed by atoms with E-state index < -0.39 is 10.4 Å². The maximum absolute atomic E-state index is 8.79. The quantitative estimate of drug-likeness (QED) is 0.517. The van der Waals surface area contributed by atoms with Crippen LogP contribution in [-0.2, 0) is 10.4 Å². The molecule has 0 aliphatic heterocycles. The summed E-state index contributed by atoms with van der Waals surface area (Å²) >= 11 is 0. The Kier molecular flexibility index (Phi) is 5.80. The Morgan fingerprint density at radius 2 is 1.67 bits per heavy atom. The predicted octanol–water partition coefficient (Wildman–Crippen LogP) is 3.28. The molecule has 7 nitrogen and oxygen atoms in total. The highest BCUT2D eigenvalue weighted by Crippen LogP contribution is 2.31. The minimum Gasteiger partial charge on any atom is -0.726 e. The average Bonchev–Trinajstić information content (AvgIpc) is 2.40. The van der Waals surface area contributed by atoms with Crippen molar-refractivity contribution in [2.24, 2.45) is 0 Å².